The first-order valence-electron chi connectivity index (χ1n) is 5.02. The van der Waals surface area contributed by atoms with Crippen molar-refractivity contribution in [3.05, 3.63) is 53.4 Å². The maximum Gasteiger partial charge on any atom is 0.174 e. The molecule has 78 valence electrons. The van der Waals surface area contributed by atoms with Gasteiger partial charge >= 0.3 is 0 Å². The molecule has 16 heavy (non-hydrogen) atoms. The summed E-state index contributed by atoms with van der Waals surface area (Å²) in [5, 5.41) is 2.50. The van der Waals surface area contributed by atoms with Crippen LogP contribution >= 0.6 is 15.9 Å². The van der Waals surface area contributed by atoms with Gasteiger partial charge in [0, 0.05) is 5.56 Å². The molecule has 0 spiro atoms. The van der Waals surface area contributed by atoms with Crippen molar-refractivity contribution in [3.8, 4) is 11.3 Å². The van der Waals surface area contributed by atoms with Crippen molar-refractivity contribution in [2.24, 2.45) is 0 Å². The zero-order valence-corrected chi connectivity index (χ0v) is 10.0. The molecule has 2 nitrogen and oxygen atoms in total. The minimum atomic E-state index is 0.760. The third-order valence-corrected chi connectivity index (χ3v) is 3.01. The van der Waals surface area contributed by atoms with Crippen LogP contribution in [0.15, 0.2) is 53.4 Å². The molecule has 0 aliphatic heterocycles. The van der Waals surface area contributed by atoms with Crippen LogP contribution in [0.3, 0.4) is 0 Å². The van der Waals surface area contributed by atoms with Gasteiger partial charge in [0.15, 0.2) is 4.73 Å². The van der Waals surface area contributed by atoms with Crippen LogP contribution < -0.4 is 0 Å². The molecule has 0 aliphatic rings. The summed E-state index contributed by atoms with van der Waals surface area (Å²) < 4.78 is 0.760. The smallest absolute Gasteiger partial charge is 0.174 e. The summed E-state index contributed by atoms with van der Waals surface area (Å²) in [5.74, 6) is 0. The molecular formula is C13H9BrN2. The monoisotopic (exact) mass is 272 g/mol. The number of H-pyrrole nitrogens is 1. The van der Waals surface area contributed by atoms with E-state index in [9.17, 15) is 0 Å². The molecule has 0 unspecified atom stereocenters. The third kappa shape index (κ3) is 1.63. The molecule has 0 saturated carbocycles. The van der Waals surface area contributed by atoms with Crippen molar-refractivity contribution in [2.45, 2.75) is 0 Å². The summed E-state index contributed by atoms with van der Waals surface area (Å²) in [6.45, 7) is 0. The number of nitrogens with zero attached hydrogens (tertiary/aromatic N) is 1. The van der Waals surface area contributed by atoms with Crippen molar-refractivity contribution in [3.63, 3.8) is 0 Å². The molecule has 0 bridgehead atoms. The number of nitrogens with one attached hydrogen (secondary N) is 1. The number of fused-ring (bicyclic) bond motifs is 1. The van der Waals surface area contributed by atoms with Gasteiger partial charge in [-0.05, 0) is 32.8 Å². The molecule has 3 aromatic rings. The normalized spacial score (nSPS) is 10.8. The number of aromatic amines is 1. The van der Waals surface area contributed by atoms with Crippen LogP contribution in [0.5, 0.6) is 0 Å². The van der Waals surface area contributed by atoms with Gasteiger partial charge in [-0.2, -0.15) is 0 Å². The lowest BCUT2D eigenvalue weighted by Gasteiger charge is -2.00. The van der Waals surface area contributed by atoms with Gasteiger partial charge in [-0.25, -0.2) is 4.98 Å². The van der Waals surface area contributed by atoms with Gasteiger partial charge in [0.25, 0.3) is 0 Å². The Morgan fingerprint density at radius 1 is 1.00 bits per heavy atom. The maximum atomic E-state index is 4.13. The van der Waals surface area contributed by atoms with E-state index in [0.717, 1.165) is 16.0 Å². The number of imidazole rings is 1. The highest BCUT2D eigenvalue weighted by molar-refractivity contribution is 9.10. The third-order valence-electron chi connectivity index (χ3n) is 2.61. The van der Waals surface area contributed by atoms with Crippen molar-refractivity contribution < 1.29 is 0 Å². The van der Waals surface area contributed by atoms with E-state index in [1.807, 2.05) is 6.20 Å². The second kappa shape index (κ2) is 3.76. The maximum absolute atomic E-state index is 4.13. The number of halogens is 1. The second-order valence-corrected chi connectivity index (χ2v) is 4.40. The number of rotatable bonds is 1. The lowest BCUT2D eigenvalue weighted by Crippen LogP contribution is -1.78. The molecule has 0 aliphatic carbocycles. The Hall–Kier alpha value is -1.61. The van der Waals surface area contributed by atoms with Gasteiger partial charge in [0.1, 0.15) is 0 Å². The lowest BCUT2D eigenvalue weighted by atomic mass is 10.1. The lowest BCUT2D eigenvalue weighted by molar-refractivity contribution is 1.24. The molecule has 0 radical (unpaired) electrons. The summed E-state index contributed by atoms with van der Waals surface area (Å²) in [4.78, 5) is 7.30. The summed E-state index contributed by atoms with van der Waals surface area (Å²) >= 11 is 3.31. The van der Waals surface area contributed by atoms with E-state index in [2.05, 4.69) is 68.4 Å². The highest BCUT2D eigenvalue weighted by atomic mass is 79.9. The molecule has 1 N–H and O–H groups in total. The summed E-state index contributed by atoms with van der Waals surface area (Å²) in [7, 11) is 0. The van der Waals surface area contributed by atoms with E-state index < -0.39 is 0 Å². The van der Waals surface area contributed by atoms with Crippen LogP contribution in [0.25, 0.3) is 22.0 Å². The molecule has 3 rings (SSSR count). The van der Waals surface area contributed by atoms with Crippen LogP contribution in [0.1, 0.15) is 0 Å². The van der Waals surface area contributed by atoms with E-state index >= 15 is 0 Å². The zero-order chi connectivity index (χ0) is 11.0. The van der Waals surface area contributed by atoms with E-state index in [1.54, 1.807) is 0 Å². The Bertz CT molecular complexity index is 643. The SMILES string of the molecule is Brc1ncc(-c2ccc3ccccc3c2)[nH]1. The first-order valence-corrected chi connectivity index (χ1v) is 5.82. The number of benzene rings is 2. The number of hydrogen-bond acceptors (Lipinski definition) is 1. The molecule has 0 amide bonds. The standard InChI is InChI=1S/C13H9BrN2/c14-13-15-8-12(16-13)11-6-5-9-3-1-2-4-10(9)7-11/h1-8H,(H,15,16). The molecule has 3 heteroatoms. The van der Waals surface area contributed by atoms with Gasteiger partial charge in [0.2, 0.25) is 0 Å². The minimum absolute atomic E-state index is 0.760. The first kappa shape index (κ1) is 9.60. The second-order valence-electron chi connectivity index (χ2n) is 3.65. The molecular weight excluding hydrogens is 264 g/mol. The van der Waals surface area contributed by atoms with Gasteiger partial charge in [-0.1, -0.05) is 36.4 Å². The Balaban J connectivity index is 2.18. The fourth-order valence-electron chi connectivity index (χ4n) is 1.80. The van der Waals surface area contributed by atoms with Gasteiger partial charge < -0.3 is 4.98 Å². The van der Waals surface area contributed by atoms with E-state index in [1.165, 1.54) is 10.8 Å². The zero-order valence-electron chi connectivity index (χ0n) is 8.44. The fraction of sp³-hybridized carbons (Fsp3) is 0. The average molecular weight is 273 g/mol. The molecule has 0 saturated heterocycles. The van der Waals surface area contributed by atoms with Crippen molar-refractivity contribution >= 4 is 26.7 Å². The highest BCUT2D eigenvalue weighted by Gasteiger charge is 2.02. The molecule has 1 heterocycles. The van der Waals surface area contributed by atoms with Gasteiger partial charge in [0.05, 0.1) is 11.9 Å². The Kier molecular flexibility index (Phi) is 2.26. The predicted octanol–water partition coefficient (Wildman–Crippen LogP) is 3.99. The van der Waals surface area contributed by atoms with Crippen molar-refractivity contribution in [1.82, 2.24) is 9.97 Å². The predicted molar refractivity (Wildman–Crippen MR) is 69.2 cm³/mol. The molecule has 0 atom stereocenters. The van der Waals surface area contributed by atoms with E-state index in [0.29, 0.717) is 0 Å². The summed E-state index contributed by atoms with van der Waals surface area (Å²) in [5.41, 5.74) is 2.18. The van der Waals surface area contributed by atoms with Gasteiger partial charge in [-0.15, -0.1) is 0 Å². The van der Waals surface area contributed by atoms with Crippen LogP contribution in [-0.4, -0.2) is 9.97 Å². The molecule has 1 aromatic heterocycles. The van der Waals surface area contributed by atoms with E-state index in [-0.39, 0.29) is 0 Å². The Labute approximate surface area is 101 Å². The van der Waals surface area contributed by atoms with Crippen molar-refractivity contribution in [1.29, 1.82) is 0 Å². The first-order chi connectivity index (χ1) is 7.83. The Morgan fingerprint density at radius 3 is 2.56 bits per heavy atom. The molecule has 0 fully saturated rings. The van der Waals surface area contributed by atoms with Crippen LogP contribution in [0.2, 0.25) is 0 Å². The van der Waals surface area contributed by atoms with Crippen LogP contribution in [-0.2, 0) is 0 Å². The molecule has 2 aromatic carbocycles. The minimum Gasteiger partial charge on any atom is -0.333 e. The largest absolute Gasteiger partial charge is 0.333 e. The Morgan fingerprint density at radius 2 is 1.81 bits per heavy atom. The summed E-state index contributed by atoms with van der Waals surface area (Å²) in [6.07, 6.45) is 1.83. The number of hydrogen-bond donors (Lipinski definition) is 1. The fourth-order valence-corrected chi connectivity index (χ4v) is 2.12. The highest BCUT2D eigenvalue weighted by Crippen LogP contribution is 2.23. The number of aromatic nitrogens is 2. The average Bonchev–Trinajstić information content (AvgIpc) is 2.75. The van der Waals surface area contributed by atoms with Crippen molar-refractivity contribution in [2.75, 3.05) is 0 Å². The summed E-state index contributed by atoms with van der Waals surface area (Å²) in [6, 6.07) is 14.7. The quantitative estimate of drug-likeness (QED) is 0.713. The van der Waals surface area contributed by atoms with E-state index in [4.69, 9.17) is 0 Å². The topological polar surface area (TPSA) is 28.7 Å². The van der Waals surface area contributed by atoms with Crippen LogP contribution in [0, 0.1) is 0 Å². The van der Waals surface area contributed by atoms with Gasteiger partial charge in [-0.3, -0.25) is 0 Å². The van der Waals surface area contributed by atoms with Crippen LogP contribution in [0.4, 0.5) is 0 Å².